The Morgan fingerprint density at radius 3 is 2.32 bits per heavy atom. The highest BCUT2D eigenvalue weighted by atomic mass is 32.2. The molecule has 2 heterocycles. The summed E-state index contributed by atoms with van der Waals surface area (Å²) in [5.41, 5.74) is 3.01. The molecule has 13 heteroatoms. The molecule has 2 amide bonds. The van der Waals surface area contributed by atoms with Gasteiger partial charge in [0.2, 0.25) is 0 Å². The second kappa shape index (κ2) is 14.4. The van der Waals surface area contributed by atoms with E-state index in [4.69, 9.17) is 4.98 Å². The number of urea groups is 1. The molecule has 0 aliphatic carbocycles. The molecule has 1 aromatic heterocycles. The first-order chi connectivity index (χ1) is 22.4. The largest absolute Gasteiger partial charge is 0.333 e. The van der Waals surface area contributed by atoms with Crippen LogP contribution in [0.2, 0.25) is 0 Å². The molecule has 1 saturated heterocycles. The van der Waals surface area contributed by atoms with Crippen molar-refractivity contribution in [1.82, 2.24) is 19.6 Å². The summed E-state index contributed by atoms with van der Waals surface area (Å²) >= 11 is 1.33. The smallest absolute Gasteiger partial charge is 0.328 e. The van der Waals surface area contributed by atoms with E-state index < -0.39 is 36.9 Å². The van der Waals surface area contributed by atoms with E-state index in [0.717, 1.165) is 17.5 Å². The number of amides is 2. The molecule has 1 fully saturated rings. The van der Waals surface area contributed by atoms with Gasteiger partial charge in [0.25, 0.3) is 10.0 Å². The van der Waals surface area contributed by atoms with Gasteiger partial charge in [-0.25, -0.2) is 31.3 Å². The van der Waals surface area contributed by atoms with Gasteiger partial charge >= 0.3 is 6.03 Å². The number of thioether (sulfide) groups is 1. The molecule has 0 bridgehead atoms. The summed E-state index contributed by atoms with van der Waals surface area (Å²) in [5.74, 6) is 0.339. The van der Waals surface area contributed by atoms with Crippen LogP contribution in [0.5, 0.6) is 0 Å². The zero-order valence-electron chi connectivity index (χ0n) is 26.5. The van der Waals surface area contributed by atoms with Gasteiger partial charge in [0.1, 0.15) is 21.8 Å². The van der Waals surface area contributed by atoms with E-state index >= 15 is 0 Å². The molecule has 10 nitrogen and oxygen atoms in total. The molecule has 2 unspecified atom stereocenters. The number of nitrogens with zero attached hydrogens (tertiary/aromatic N) is 2. The van der Waals surface area contributed by atoms with Gasteiger partial charge < -0.3 is 9.88 Å². The first kappa shape index (κ1) is 34.4. The summed E-state index contributed by atoms with van der Waals surface area (Å²) in [5, 5.41) is 2.03. The van der Waals surface area contributed by atoms with E-state index in [2.05, 4.69) is 10.0 Å². The van der Waals surface area contributed by atoms with Crippen LogP contribution in [0.4, 0.5) is 4.79 Å². The van der Waals surface area contributed by atoms with Crippen LogP contribution in [-0.2, 0) is 33.0 Å². The maximum atomic E-state index is 13.8. The highest BCUT2D eigenvalue weighted by Gasteiger charge is 2.40. The van der Waals surface area contributed by atoms with Crippen molar-refractivity contribution in [3.8, 4) is 11.1 Å². The van der Waals surface area contributed by atoms with Crippen molar-refractivity contribution in [3.05, 3.63) is 102 Å². The summed E-state index contributed by atoms with van der Waals surface area (Å²) in [4.78, 5) is 31.1. The summed E-state index contributed by atoms with van der Waals surface area (Å²) < 4.78 is 56.1. The summed E-state index contributed by atoms with van der Waals surface area (Å²) in [6.07, 6.45) is 3.38. The summed E-state index contributed by atoms with van der Waals surface area (Å²) in [6.45, 7) is 4.51. The average molecular weight is 695 g/mol. The number of sulfonamides is 1. The normalized spacial score (nSPS) is 16.4. The van der Waals surface area contributed by atoms with E-state index in [1.165, 1.54) is 17.8 Å². The average Bonchev–Trinajstić information content (AvgIpc) is 3.62. The predicted molar refractivity (Wildman–Crippen MR) is 184 cm³/mol. The van der Waals surface area contributed by atoms with Crippen LogP contribution in [0.25, 0.3) is 11.1 Å². The van der Waals surface area contributed by atoms with Crippen molar-refractivity contribution >= 4 is 43.4 Å². The fraction of sp³-hybridized carbons (Fsp3) is 0.324. The van der Waals surface area contributed by atoms with Crippen LogP contribution in [0.3, 0.4) is 0 Å². The number of ketones is 1. The first-order valence-corrected chi connectivity index (χ1v) is 19.8. The van der Waals surface area contributed by atoms with Crippen molar-refractivity contribution in [1.29, 1.82) is 0 Å². The minimum absolute atomic E-state index is 0.0108. The van der Waals surface area contributed by atoms with Crippen molar-refractivity contribution in [2.75, 3.05) is 12.0 Å². The van der Waals surface area contributed by atoms with E-state index in [0.29, 0.717) is 40.5 Å². The molecule has 47 heavy (non-hydrogen) atoms. The molecule has 5 rings (SSSR count). The van der Waals surface area contributed by atoms with Gasteiger partial charge in [-0.15, -0.1) is 11.8 Å². The van der Waals surface area contributed by atoms with Gasteiger partial charge in [-0.2, -0.15) is 0 Å². The number of Topliss-reactive ketones (excluding diaryl/α,β-unsaturated/α-hetero) is 1. The number of hydrogen-bond donors (Lipinski definition) is 2. The molecular weight excluding hydrogens is 657 g/mol. The van der Waals surface area contributed by atoms with Crippen LogP contribution in [-0.4, -0.2) is 55.5 Å². The Balaban J connectivity index is 1.41. The monoisotopic (exact) mass is 694 g/mol. The number of aromatic nitrogens is 2. The van der Waals surface area contributed by atoms with Gasteiger partial charge in [0.05, 0.1) is 10.6 Å². The first-order valence-electron chi connectivity index (χ1n) is 15.4. The van der Waals surface area contributed by atoms with Crippen molar-refractivity contribution < 1.29 is 26.4 Å². The lowest BCUT2D eigenvalue weighted by molar-refractivity contribution is 0.0974. The van der Waals surface area contributed by atoms with Crippen molar-refractivity contribution in [3.63, 3.8) is 0 Å². The number of benzene rings is 3. The van der Waals surface area contributed by atoms with Crippen molar-refractivity contribution in [2.45, 2.75) is 67.3 Å². The molecule has 1 aliphatic rings. The van der Waals surface area contributed by atoms with Crippen molar-refractivity contribution in [2.24, 2.45) is 0 Å². The predicted octanol–water partition coefficient (Wildman–Crippen LogP) is 5.78. The van der Waals surface area contributed by atoms with Crippen LogP contribution in [0, 0.1) is 0 Å². The SMILES string of the molecule is CCC(C)c1nc(SC)c(C(=O)C2CCCS2(=O)=O)n1Cc1ccc(-c2ccccc2S(=O)(=O)NC(=O)NCc2ccccc2)cc1. The molecular formula is C34H38N4O6S3. The minimum Gasteiger partial charge on any atom is -0.333 e. The van der Waals surface area contributed by atoms with Gasteiger partial charge in [0.15, 0.2) is 15.6 Å². The Bertz CT molecular complexity index is 1980. The van der Waals surface area contributed by atoms with E-state index in [9.17, 15) is 26.4 Å². The second-order valence-corrected chi connectivity index (χ2v) is 16.3. The molecule has 2 N–H and O–H groups in total. The number of nitrogens with one attached hydrogen (secondary N) is 2. The Hall–Kier alpha value is -3.94. The maximum Gasteiger partial charge on any atom is 0.328 e. The zero-order chi connectivity index (χ0) is 33.8. The van der Waals surface area contributed by atoms with Gasteiger partial charge in [-0.05, 0) is 48.3 Å². The van der Waals surface area contributed by atoms with E-state index in [1.807, 2.05) is 67.1 Å². The number of imidazole rings is 1. The molecule has 3 aromatic carbocycles. The topological polar surface area (TPSA) is 144 Å². The summed E-state index contributed by atoms with van der Waals surface area (Å²) in [6, 6.07) is 22.0. The quantitative estimate of drug-likeness (QED) is 0.140. The van der Waals surface area contributed by atoms with Crippen LogP contribution in [0.15, 0.2) is 88.8 Å². The van der Waals surface area contributed by atoms with Crippen LogP contribution in [0.1, 0.15) is 66.5 Å². The third kappa shape index (κ3) is 7.63. The third-order valence-electron chi connectivity index (χ3n) is 8.37. The minimum atomic E-state index is -4.22. The lowest BCUT2D eigenvalue weighted by Gasteiger charge is -2.17. The fourth-order valence-electron chi connectivity index (χ4n) is 5.69. The van der Waals surface area contributed by atoms with Crippen LogP contribution >= 0.6 is 11.8 Å². The highest BCUT2D eigenvalue weighted by Crippen LogP contribution is 2.33. The van der Waals surface area contributed by atoms with Gasteiger partial charge in [0, 0.05) is 24.6 Å². The Morgan fingerprint density at radius 2 is 1.68 bits per heavy atom. The summed E-state index contributed by atoms with van der Waals surface area (Å²) in [7, 11) is -7.74. The molecule has 0 radical (unpaired) electrons. The Morgan fingerprint density at radius 1 is 1.00 bits per heavy atom. The zero-order valence-corrected chi connectivity index (χ0v) is 28.9. The van der Waals surface area contributed by atoms with Gasteiger partial charge in [-0.3, -0.25) is 4.79 Å². The number of rotatable bonds is 12. The highest BCUT2D eigenvalue weighted by molar-refractivity contribution is 7.98. The number of hydrogen-bond acceptors (Lipinski definition) is 8. The fourth-order valence-corrected chi connectivity index (χ4v) is 9.25. The number of carbonyl (C=O) groups excluding carboxylic acids is 2. The number of sulfone groups is 1. The maximum absolute atomic E-state index is 13.8. The van der Waals surface area contributed by atoms with E-state index in [-0.39, 0.29) is 29.7 Å². The number of carbonyl (C=O) groups is 2. The Labute approximate surface area is 280 Å². The molecule has 2 atom stereocenters. The van der Waals surface area contributed by atoms with Crippen LogP contribution < -0.4 is 10.0 Å². The standard InChI is InChI=1S/C34H38N4O6S3/c1-4-23(2)32-36-33(45-3)30(31(39)29-15-10-20-46(29,41)42)38(32)22-25-16-18-26(19-17-25)27-13-8-9-14-28(27)47(43,44)37-34(40)35-21-24-11-6-5-7-12-24/h5-9,11-14,16-19,23,29H,4,10,15,20-22H2,1-3H3,(H2,35,37,40). The Kier molecular flexibility index (Phi) is 10.6. The molecule has 0 spiro atoms. The molecule has 4 aromatic rings. The lowest BCUT2D eigenvalue weighted by Crippen LogP contribution is -2.39. The lowest BCUT2D eigenvalue weighted by atomic mass is 10.0. The van der Waals surface area contributed by atoms with E-state index in [1.54, 1.807) is 30.3 Å². The molecule has 0 saturated carbocycles. The van der Waals surface area contributed by atoms with Gasteiger partial charge in [-0.1, -0.05) is 86.6 Å². The molecule has 248 valence electrons. The second-order valence-electron chi connectivity index (χ2n) is 11.6. The third-order valence-corrected chi connectivity index (χ3v) is 12.6. The molecule has 1 aliphatic heterocycles.